The molecular formula is C17H29IN4O3. The molecule has 1 saturated heterocycles. The molecule has 0 spiro atoms. The van der Waals surface area contributed by atoms with Crippen molar-refractivity contribution < 1.29 is 13.9 Å². The number of hydrogen-bond donors (Lipinski definition) is 2. The van der Waals surface area contributed by atoms with Gasteiger partial charge in [0, 0.05) is 39.6 Å². The van der Waals surface area contributed by atoms with E-state index in [2.05, 4.69) is 15.2 Å². The molecule has 142 valence electrons. The molecule has 2 heterocycles. The van der Waals surface area contributed by atoms with Gasteiger partial charge in [-0.3, -0.25) is 9.79 Å². The van der Waals surface area contributed by atoms with Crippen molar-refractivity contribution in [3.05, 3.63) is 24.2 Å². The third kappa shape index (κ3) is 8.08. The predicted octanol–water partition coefficient (Wildman–Crippen LogP) is 1.62. The number of piperidine rings is 1. The maximum Gasteiger partial charge on any atom is 0.217 e. The van der Waals surface area contributed by atoms with Crippen LogP contribution in [0.1, 0.15) is 25.0 Å². The first kappa shape index (κ1) is 21.8. The van der Waals surface area contributed by atoms with Gasteiger partial charge in [-0.25, -0.2) is 0 Å². The second-order valence-electron chi connectivity index (χ2n) is 6.08. The predicted molar refractivity (Wildman–Crippen MR) is 108 cm³/mol. The Morgan fingerprint density at radius 3 is 3.08 bits per heavy atom. The quantitative estimate of drug-likeness (QED) is 0.264. The van der Waals surface area contributed by atoms with Crippen molar-refractivity contribution >= 4 is 35.8 Å². The lowest BCUT2D eigenvalue weighted by Gasteiger charge is -2.34. The summed E-state index contributed by atoms with van der Waals surface area (Å²) in [7, 11) is 1.67. The molecule has 1 fully saturated rings. The standard InChI is InChI=1S/C17H28N4O3.HI/c1-23-11-8-20-17(19-7-6-15-5-3-10-24-15)21-9-2-4-14(13-21)12-16(18)22;/h3,5,10,14H,2,4,6-9,11-13H2,1H3,(H2,18,22)(H,19,20);1H. The van der Waals surface area contributed by atoms with Crippen LogP contribution < -0.4 is 11.1 Å². The van der Waals surface area contributed by atoms with E-state index in [0.29, 0.717) is 25.5 Å². The highest BCUT2D eigenvalue weighted by atomic mass is 127. The highest BCUT2D eigenvalue weighted by molar-refractivity contribution is 14.0. The Labute approximate surface area is 166 Å². The molecule has 0 aliphatic carbocycles. The normalized spacial score (nSPS) is 17.9. The fourth-order valence-corrected chi connectivity index (χ4v) is 2.97. The number of furan rings is 1. The van der Waals surface area contributed by atoms with Gasteiger partial charge in [0.15, 0.2) is 5.96 Å². The minimum Gasteiger partial charge on any atom is -0.469 e. The second-order valence-corrected chi connectivity index (χ2v) is 6.08. The van der Waals surface area contributed by atoms with E-state index in [0.717, 1.165) is 50.6 Å². The van der Waals surface area contributed by atoms with Gasteiger partial charge < -0.3 is 25.1 Å². The van der Waals surface area contributed by atoms with E-state index in [9.17, 15) is 4.79 Å². The van der Waals surface area contributed by atoms with E-state index in [1.165, 1.54) is 0 Å². The molecule has 0 radical (unpaired) electrons. The zero-order chi connectivity index (χ0) is 17.2. The number of hydrogen-bond acceptors (Lipinski definition) is 4. The first-order valence-corrected chi connectivity index (χ1v) is 8.52. The van der Waals surface area contributed by atoms with E-state index in [1.807, 2.05) is 12.1 Å². The summed E-state index contributed by atoms with van der Waals surface area (Å²) in [6.07, 6.45) is 5.00. The summed E-state index contributed by atoms with van der Waals surface area (Å²) in [5.41, 5.74) is 5.35. The van der Waals surface area contributed by atoms with E-state index in [-0.39, 0.29) is 29.9 Å². The number of halogens is 1. The van der Waals surface area contributed by atoms with Crippen LogP contribution in [0.4, 0.5) is 0 Å². The fourth-order valence-electron chi connectivity index (χ4n) is 2.97. The number of carbonyl (C=O) groups excluding carboxylic acids is 1. The van der Waals surface area contributed by atoms with Crippen LogP contribution in [0.25, 0.3) is 0 Å². The third-order valence-corrected chi connectivity index (χ3v) is 4.10. The van der Waals surface area contributed by atoms with Crippen LogP contribution in [0, 0.1) is 5.92 Å². The lowest BCUT2D eigenvalue weighted by molar-refractivity contribution is -0.119. The molecule has 1 amide bonds. The first-order valence-electron chi connectivity index (χ1n) is 8.52. The van der Waals surface area contributed by atoms with Crippen molar-refractivity contribution in [1.82, 2.24) is 10.2 Å². The Kier molecular flexibility index (Phi) is 10.6. The van der Waals surface area contributed by atoms with Crippen LogP contribution in [-0.2, 0) is 16.0 Å². The summed E-state index contributed by atoms with van der Waals surface area (Å²) in [5, 5.41) is 3.40. The zero-order valence-electron chi connectivity index (χ0n) is 14.8. The molecule has 0 saturated carbocycles. The Hall–Kier alpha value is -1.29. The van der Waals surface area contributed by atoms with Crippen molar-refractivity contribution in [3.63, 3.8) is 0 Å². The number of nitrogens with one attached hydrogen (secondary N) is 1. The molecule has 1 aromatic heterocycles. The van der Waals surface area contributed by atoms with E-state index >= 15 is 0 Å². The number of guanidine groups is 1. The van der Waals surface area contributed by atoms with E-state index < -0.39 is 0 Å². The van der Waals surface area contributed by atoms with Crippen LogP contribution in [0.15, 0.2) is 27.8 Å². The van der Waals surface area contributed by atoms with Crippen LogP contribution in [0.3, 0.4) is 0 Å². The van der Waals surface area contributed by atoms with Gasteiger partial charge in [0.05, 0.1) is 19.4 Å². The SMILES string of the molecule is COCCN=C(NCCc1ccco1)N1CCCC(CC(N)=O)C1.I. The molecule has 8 heteroatoms. The molecule has 1 atom stereocenters. The Morgan fingerprint density at radius 2 is 2.40 bits per heavy atom. The molecule has 25 heavy (non-hydrogen) atoms. The number of nitrogens with zero attached hydrogens (tertiary/aromatic N) is 2. The van der Waals surface area contributed by atoms with Gasteiger partial charge in [0.1, 0.15) is 5.76 Å². The van der Waals surface area contributed by atoms with Crippen molar-refractivity contribution in [2.75, 3.05) is 39.9 Å². The molecule has 1 aliphatic heterocycles. The van der Waals surface area contributed by atoms with Crippen LogP contribution >= 0.6 is 24.0 Å². The van der Waals surface area contributed by atoms with Crippen LogP contribution in [-0.4, -0.2) is 56.7 Å². The Balaban J connectivity index is 0.00000312. The van der Waals surface area contributed by atoms with Crippen molar-refractivity contribution in [3.8, 4) is 0 Å². The van der Waals surface area contributed by atoms with Crippen molar-refractivity contribution in [2.45, 2.75) is 25.7 Å². The van der Waals surface area contributed by atoms with Crippen LogP contribution in [0.2, 0.25) is 0 Å². The van der Waals surface area contributed by atoms with Gasteiger partial charge >= 0.3 is 0 Å². The summed E-state index contributed by atoms with van der Waals surface area (Å²) in [5.74, 6) is 1.89. The van der Waals surface area contributed by atoms with E-state index in [1.54, 1.807) is 13.4 Å². The smallest absolute Gasteiger partial charge is 0.217 e. The summed E-state index contributed by atoms with van der Waals surface area (Å²) >= 11 is 0. The molecule has 1 aromatic rings. The number of nitrogens with two attached hydrogens (primary N) is 1. The van der Waals surface area contributed by atoms with Crippen molar-refractivity contribution in [2.24, 2.45) is 16.6 Å². The minimum absolute atomic E-state index is 0. The summed E-state index contributed by atoms with van der Waals surface area (Å²) < 4.78 is 10.4. The molecule has 0 aromatic carbocycles. The minimum atomic E-state index is -0.231. The second kappa shape index (κ2) is 12.1. The molecule has 0 bridgehead atoms. The highest BCUT2D eigenvalue weighted by Crippen LogP contribution is 2.19. The molecular weight excluding hydrogens is 435 g/mol. The number of amides is 1. The topological polar surface area (TPSA) is 93.1 Å². The van der Waals surface area contributed by atoms with Gasteiger partial charge in [-0.1, -0.05) is 0 Å². The Morgan fingerprint density at radius 1 is 1.56 bits per heavy atom. The van der Waals surface area contributed by atoms with Crippen LogP contribution in [0.5, 0.6) is 0 Å². The zero-order valence-corrected chi connectivity index (χ0v) is 17.1. The lowest BCUT2D eigenvalue weighted by atomic mass is 9.95. The van der Waals surface area contributed by atoms with Gasteiger partial charge in [-0.05, 0) is 30.9 Å². The number of methoxy groups -OCH3 is 1. The number of ether oxygens (including phenoxy) is 1. The van der Waals surface area contributed by atoms with E-state index in [4.69, 9.17) is 14.9 Å². The third-order valence-electron chi connectivity index (χ3n) is 4.10. The summed E-state index contributed by atoms with van der Waals surface area (Å²) in [4.78, 5) is 18.0. The Bertz CT molecular complexity index is 522. The fraction of sp³-hybridized carbons (Fsp3) is 0.647. The summed E-state index contributed by atoms with van der Waals surface area (Å²) in [6.45, 7) is 3.69. The largest absolute Gasteiger partial charge is 0.469 e. The highest BCUT2D eigenvalue weighted by Gasteiger charge is 2.23. The number of carbonyl (C=O) groups is 1. The number of rotatable bonds is 8. The van der Waals surface area contributed by atoms with Crippen molar-refractivity contribution in [1.29, 1.82) is 0 Å². The first-order chi connectivity index (χ1) is 11.7. The van der Waals surface area contributed by atoms with Gasteiger partial charge in [-0.2, -0.15) is 0 Å². The number of aliphatic imine (C=N–C) groups is 1. The van der Waals surface area contributed by atoms with Gasteiger partial charge in [-0.15, -0.1) is 24.0 Å². The van der Waals surface area contributed by atoms with Gasteiger partial charge in [0.2, 0.25) is 5.91 Å². The average molecular weight is 464 g/mol. The molecule has 1 unspecified atom stereocenters. The lowest BCUT2D eigenvalue weighted by Crippen LogP contribution is -2.47. The van der Waals surface area contributed by atoms with Gasteiger partial charge in [0.25, 0.3) is 0 Å². The molecule has 7 nitrogen and oxygen atoms in total. The number of primary amides is 1. The maximum absolute atomic E-state index is 11.2. The summed E-state index contributed by atoms with van der Waals surface area (Å²) in [6, 6.07) is 3.86. The molecule has 2 rings (SSSR count). The molecule has 3 N–H and O–H groups in total. The maximum atomic E-state index is 11.2. The molecule has 1 aliphatic rings. The monoisotopic (exact) mass is 464 g/mol. The number of likely N-dealkylation sites (tertiary alicyclic amines) is 1. The average Bonchev–Trinajstić information content (AvgIpc) is 3.06.